The number of aromatic amines is 1. The molecule has 0 radical (unpaired) electrons. The summed E-state index contributed by atoms with van der Waals surface area (Å²) in [5, 5.41) is 14.5. The van der Waals surface area contributed by atoms with Gasteiger partial charge in [-0.25, -0.2) is 4.68 Å². The number of nitrogens with zero attached hydrogens (tertiary/aromatic N) is 5. The van der Waals surface area contributed by atoms with Crippen LogP contribution >= 0.6 is 11.6 Å². The van der Waals surface area contributed by atoms with Gasteiger partial charge in [0.1, 0.15) is 6.04 Å². The van der Waals surface area contributed by atoms with Gasteiger partial charge in [0.05, 0.1) is 11.1 Å². The molecule has 8 heteroatoms. The lowest BCUT2D eigenvalue weighted by Gasteiger charge is -2.33. The summed E-state index contributed by atoms with van der Waals surface area (Å²) >= 11 is 6.19. The van der Waals surface area contributed by atoms with E-state index >= 15 is 0 Å². The average Bonchev–Trinajstić information content (AvgIpc) is 3.37. The van der Waals surface area contributed by atoms with E-state index in [0.717, 1.165) is 27.6 Å². The van der Waals surface area contributed by atoms with Crippen LogP contribution in [0.15, 0.2) is 83.7 Å². The number of halogens is 1. The second-order valence-electron chi connectivity index (χ2n) is 10.6. The minimum Gasteiger partial charge on any atom is -0.321 e. The quantitative estimate of drug-likeness (QED) is 0.280. The molecule has 0 unspecified atom stereocenters. The zero-order valence-corrected chi connectivity index (χ0v) is 22.8. The van der Waals surface area contributed by atoms with E-state index in [1.54, 1.807) is 0 Å². The molecule has 5 rings (SSSR count). The number of para-hydroxylation sites is 1. The third kappa shape index (κ3) is 5.39. The first-order chi connectivity index (χ1) is 18.2. The number of H-pyrrole nitrogens is 1. The molecule has 0 amide bonds. The van der Waals surface area contributed by atoms with Crippen LogP contribution < -0.4 is 5.56 Å². The number of aromatic nitrogens is 5. The second-order valence-corrected chi connectivity index (χ2v) is 11.1. The molecule has 0 aliphatic heterocycles. The smallest absolute Gasteiger partial charge is 0.253 e. The standard InChI is InChI=1S/C30H31ClN6O/c1-20-9-8-12-23-17-25(29(38)32-26(20)23)27(28-33-34-35-37(28)30(2,3)4)36(18-21-10-6-5-7-11-21)19-22-13-15-24(31)16-14-22/h5-17,27H,18-19H2,1-4H3,(H,32,38)/t27-/m1/s1. The predicted molar refractivity (Wildman–Crippen MR) is 151 cm³/mol. The Morgan fingerprint density at radius 2 is 1.63 bits per heavy atom. The largest absolute Gasteiger partial charge is 0.321 e. The summed E-state index contributed by atoms with van der Waals surface area (Å²) in [7, 11) is 0. The van der Waals surface area contributed by atoms with Crippen molar-refractivity contribution in [3.63, 3.8) is 0 Å². The van der Waals surface area contributed by atoms with E-state index in [1.807, 2.05) is 78.3 Å². The molecule has 0 spiro atoms. The molecule has 0 aliphatic carbocycles. The molecule has 0 aliphatic rings. The van der Waals surface area contributed by atoms with Gasteiger partial charge < -0.3 is 4.98 Å². The fraction of sp³-hybridized carbons (Fsp3) is 0.267. The highest BCUT2D eigenvalue weighted by Gasteiger charge is 2.33. The van der Waals surface area contributed by atoms with E-state index in [4.69, 9.17) is 11.6 Å². The summed E-state index contributed by atoms with van der Waals surface area (Å²) in [6, 6.07) is 25.5. The third-order valence-electron chi connectivity index (χ3n) is 6.68. The number of fused-ring (bicyclic) bond motifs is 1. The maximum Gasteiger partial charge on any atom is 0.253 e. The minimum absolute atomic E-state index is 0.158. The molecule has 1 atom stereocenters. The van der Waals surface area contributed by atoms with Crippen LogP contribution in [0.3, 0.4) is 0 Å². The second kappa shape index (κ2) is 10.5. The molecule has 0 saturated heterocycles. The third-order valence-corrected chi connectivity index (χ3v) is 6.93. The van der Waals surface area contributed by atoms with E-state index in [2.05, 4.69) is 58.3 Å². The van der Waals surface area contributed by atoms with E-state index in [1.165, 1.54) is 0 Å². The van der Waals surface area contributed by atoms with Gasteiger partial charge in [-0.05, 0) is 78.4 Å². The molecule has 7 nitrogen and oxygen atoms in total. The molecular formula is C30H31ClN6O. The van der Waals surface area contributed by atoms with Crippen molar-refractivity contribution < 1.29 is 0 Å². The van der Waals surface area contributed by atoms with Crippen LogP contribution in [0.5, 0.6) is 0 Å². The van der Waals surface area contributed by atoms with Crippen molar-refractivity contribution in [3.05, 3.63) is 122 Å². The number of pyridine rings is 1. The number of aryl methyl sites for hydroxylation is 1. The maximum absolute atomic E-state index is 13.8. The monoisotopic (exact) mass is 526 g/mol. The van der Waals surface area contributed by atoms with Crippen molar-refractivity contribution in [1.29, 1.82) is 0 Å². The average molecular weight is 527 g/mol. The lowest BCUT2D eigenvalue weighted by atomic mass is 9.99. The first-order valence-corrected chi connectivity index (χ1v) is 13.0. The highest BCUT2D eigenvalue weighted by atomic mass is 35.5. The van der Waals surface area contributed by atoms with Crippen LogP contribution in [-0.2, 0) is 18.6 Å². The first kappa shape index (κ1) is 25.8. The van der Waals surface area contributed by atoms with Crippen molar-refractivity contribution in [2.24, 2.45) is 0 Å². The molecule has 38 heavy (non-hydrogen) atoms. The first-order valence-electron chi connectivity index (χ1n) is 12.6. The van der Waals surface area contributed by atoms with E-state index in [9.17, 15) is 4.79 Å². The molecule has 5 aromatic rings. The molecule has 0 bridgehead atoms. The van der Waals surface area contributed by atoms with Crippen molar-refractivity contribution >= 4 is 22.5 Å². The zero-order valence-electron chi connectivity index (χ0n) is 22.0. The highest BCUT2D eigenvalue weighted by Crippen LogP contribution is 2.32. The van der Waals surface area contributed by atoms with Gasteiger partial charge >= 0.3 is 0 Å². The summed E-state index contributed by atoms with van der Waals surface area (Å²) in [6.45, 7) is 9.29. The zero-order chi connectivity index (χ0) is 26.9. The lowest BCUT2D eigenvalue weighted by Crippen LogP contribution is -2.37. The van der Waals surface area contributed by atoms with Crippen molar-refractivity contribution in [2.45, 2.75) is 52.4 Å². The molecule has 1 N–H and O–H groups in total. The topological polar surface area (TPSA) is 79.7 Å². The summed E-state index contributed by atoms with van der Waals surface area (Å²) in [5.41, 5.74) is 4.08. The summed E-state index contributed by atoms with van der Waals surface area (Å²) in [6.07, 6.45) is 0. The Morgan fingerprint density at radius 3 is 2.32 bits per heavy atom. The SMILES string of the molecule is Cc1cccc2cc([C@H](c3nnnn3C(C)(C)C)N(Cc3ccccc3)Cc3ccc(Cl)cc3)c(=O)[nH]c12. The molecule has 2 heterocycles. The summed E-state index contributed by atoms with van der Waals surface area (Å²) in [4.78, 5) is 19.1. The van der Waals surface area contributed by atoms with Crippen molar-refractivity contribution in [2.75, 3.05) is 0 Å². The van der Waals surface area contributed by atoms with Gasteiger partial charge in [-0.3, -0.25) is 9.69 Å². The van der Waals surface area contributed by atoms with Gasteiger partial charge in [0.15, 0.2) is 5.82 Å². The van der Waals surface area contributed by atoms with Crippen molar-refractivity contribution in [3.8, 4) is 0 Å². The van der Waals surface area contributed by atoms with E-state index in [0.29, 0.717) is 29.5 Å². The Balaban J connectivity index is 1.73. The number of rotatable bonds is 7. The minimum atomic E-state index is -0.520. The van der Waals surface area contributed by atoms with Crippen LogP contribution in [0, 0.1) is 6.92 Å². The van der Waals surface area contributed by atoms with Crippen LogP contribution in [-0.4, -0.2) is 30.1 Å². The number of hydrogen-bond donors (Lipinski definition) is 1. The Labute approximate surface area is 227 Å². The van der Waals surface area contributed by atoms with Gasteiger partial charge in [0.25, 0.3) is 5.56 Å². The normalized spacial score (nSPS) is 12.8. The molecule has 0 saturated carbocycles. The van der Waals surface area contributed by atoms with Gasteiger partial charge in [0.2, 0.25) is 0 Å². The Morgan fingerprint density at radius 1 is 0.947 bits per heavy atom. The number of benzene rings is 3. The van der Waals surface area contributed by atoms with Crippen LogP contribution in [0.2, 0.25) is 5.02 Å². The van der Waals surface area contributed by atoms with Gasteiger partial charge in [0, 0.05) is 23.7 Å². The van der Waals surface area contributed by atoms with Crippen LogP contribution in [0.1, 0.15) is 54.9 Å². The lowest BCUT2D eigenvalue weighted by molar-refractivity contribution is 0.184. The molecule has 2 aromatic heterocycles. The van der Waals surface area contributed by atoms with E-state index in [-0.39, 0.29) is 5.56 Å². The van der Waals surface area contributed by atoms with Gasteiger partial charge in [-0.1, -0.05) is 72.3 Å². The fourth-order valence-corrected chi connectivity index (χ4v) is 4.95. The van der Waals surface area contributed by atoms with Crippen molar-refractivity contribution in [1.82, 2.24) is 30.1 Å². The number of tetrazole rings is 1. The number of hydrogen-bond acceptors (Lipinski definition) is 5. The highest BCUT2D eigenvalue weighted by molar-refractivity contribution is 6.30. The molecule has 194 valence electrons. The Hall–Kier alpha value is -3.81. The summed E-state index contributed by atoms with van der Waals surface area (Å²) in [5.74, 6) is 0.611. The predicted octanol–water partition coefficient (Wildman–Crippen LogP) is 6.02. The van der Waals surface area contributed by atoms with Gasteiger partial charge in [-0.15, -0.1) is 5.10 Å². The van der Waals surface area contributed by atoms with Gasteiger partial charge in [-0.2, -0.15) is 0 Å². The Kier molecular flexibility index (Phi) is 7.15. The maximum atomic E-state index is 13.8. The molecular weight excluding hydrogens is 496 g/mol. The fourth-order valence-electron chi connectivity index (χ4n) is 4.83. The molecule has 3 aromatic carbocycles. The van der Waals surface area contributed by atoms with Crippen LogP contribution in [0.4, 0.5) is 0 Å². The summed E-state index contributed by atoms with van der Waals surface area (Å²) < 4.78 is 1.82. The number of nitrogens with one attached hydrogen (secondary N) is 1. The Bertz CT molecular complexity index is 1600. The van der Waals surface area contributed by atoms with Crippen LogP contribution in [0.25, 0.3) is 10.9 Å². The molecule has 0 fully saturated rings. The van der Waals surface area contributed by atoms with E-state index < -0.39 is 11.6 Å².